The molecular weight excluding hydrogens is 511 g/mol. The molecule has 0 fully saturated rings. The maximum Gasteiger partial charge on any atom is 0.146 e. The van der Waals surface area contributed by atoms with Gasteiger partial charge in [0, 0.05) is 37.0 Å². The van der Waals surface area contributed by atoms with Crippen LogP contribution in [-0.4, -0.2) is 36.8 Å². The standard InChI is InChI=1S/C26H32N8O.2ClH/c1-15-16(2)34(24(31-15)12-21(27)17(3)35)14-18-5-10-23-22(11-18)32-25(33(23)4)13-30-20-8-6-19(7-9-20)26(28)29;;/h5-11,21,30H,12-14,27H2,1-4H3,(H3,28,29);2*1H. The number of carbonyl (C=O) groups is 1. The zero-order valence-corrected chi connectivity index (χ0v) is 23.0. The van der Waals surface area contributed by atoms with E-state index in [4.69, 9.17) is 21.9 Å². The molecule has 0 aliphatic carbocycles. The summed E-state index contributed by atoms with van der Waals surface area (Å²) in [5.74, 6) is 1.75. The van der Waals surface area contributed by atoms with Crippen molar-refractivity contribution in [3.8, 4) is 0 Å². The average molecular weight is 546 g/mol. The molecule has 0 spiro atoms. The van der Waals surface area contributed by atoms with E-state index >= 15 is 0 Å². The highest BCUT2D eigenvalue weighted by Crippen LogP contribution is 2.21. The summed E-state index contributed by atoms with van der Waals surface area (Å²) in [5.41, 5.74) is 18.3. The van der Waals surface area contributed by atoms with Crippen molar-refractivity contribution in [3.63, 3.8) is 0 Å². The van der Waals surface area contributed by atoms with E-state index in [0.717, 1.165) is 45.3 Å². The Kier molecular flexibility index (Phi) is 9.86. The van der Waals surface area contributed by atoms with Crippen LogP contribution in [0.1, 0.15) is 41.1 Å². The second kappa shape index (κ2) is 12.2. The molecular formula is C26H34Cl2N8O. The van der Waals surface area contributed by atoms with Gasteiger partial charge in [-0.25, -0.2) is 9.97 Å². The number of Topliss-reactive ketones (excluding diaryl/α,β-unsaturated/α-hetero) is 1. The van der Waals surface area contributed by atoms with Gasteiger partial charge in [-0.3, -0.25) is 10.2 Å². The van der Waals surface area contributed by atoms with Gasteiger partial charge in [0.1, 0.15) is 23.3 Å². The van der Waals surface area contributed by atoms with Gasteiger partial charge in [-0.05, 0) is 62.7 Å². The van der Waals surface area contributed by atoms with Crippen molar-refractivity contribution >= 4 is 53.2 Å². The summed E-state index contributed by atoms with van der Waals surface area (Å²) in [6.07, 6.45) is 0.416. The Morgan fingerprint density at radius 2 is 1.76 bits per heavy atom. The smallest absolute Gasteiger partial charge is 0.146 e. The van der Waals surface area contributed by atoms with Crippen LogP contribution in [0.25, 0.3) is 11.0 Å². The first-order valence-corrected chi connectivity index (χ1v) is 11.5. The minimum absolute atomic E-state index is 0. The highest BCUT2D eigenvalue weighted by atomic mass is 35.5. The summed E-state index contributed by atoms with van der Waals surface area (Å²) < 4.78 is 4.22. The molecule has 4 rings (SSSR count). The van der Waals surface area contributed by atoms with Gasteiger partial charge in [-0.2, -0.15) is 0 Å². The number of hydrogen-bond acceptors (Lipinski definition) is 6. The average Bonchev–Trinajstić information content (AvgIpc) is 3.28. The maximum absolute atomic E-state index is 11.7. The largest absolute Gasteiger partial charge is 0.384 e. The predicted molar refractivity (Wildman–Crippen MR) is 153 cm³/mol. The number of benzene rings is 2. The fourth-order valence-corrected chi connectivity index (χ4v) is 4.11. The number of fused-ring (bicyclic) bond motifs is 1. The van der Waals surface area contributed by atoms with Crippen molar-refractivity contribution in [3.05, 3.63) is 76.6 Å². The van der Waals surface area contributed by atoms with Crippen LogP contribution in [-0.2, 0) is 31.4 Å². The van der Waals surface area contributed by atoms with Crippen molar-refractivity contribution in [2.75, 3.05) is 5.32 Å². The molecule has 198 valence electrons. The number of ketones is 1. The number of nitrogens with one attached hydrogen (secondary N) is 2. The highest BCUT2D eigenvalue weighted by molar-refractivity contribution is 5.95. The number of halogens is 2. The summed E-state index contributed by atoms with van der Waals surface area (Å²) in [4.78, 5) is 21.2. The molecule has 0 saturated heterocycles. The minimum atomic E-state index is -0.554. The summed E-state index contributed by atoms with van der Waals surface area (Å²) in [5, 5.41) is 10.9. The summed E-state index contributed by atoms with van der Waals surface area (Å²) in [6, 6.07) is 13.2. The normalized spacial score (nSPS) is 11.5. The third-order valence-electron chi connectivity index (χ3n) is 6.49. The molecule has 2 aromatic carbocycles. The summed E-state index contributed by atoms with van der Waals surface area (Å²) >= 11 is 0. The van der Waals surface area contributed by atoms with E-state index in [9.17, 15) is 4.79 Å². The molecule has 1 atom stereocenters. The summed E-state index contributed by atoms with van der Waals surface area (Å²) in [7, 11) is 2.01. The van der Waals surface area contributed by atoms with Crippen LogP contribution in [0.5, 0.6) is 0 Å². The fraction of sp³-hybridized carbons (Fsp3) is 0.308. The Labute approximate surface area is 229 Å². The molecule has 1 unspecified atom stereocenters. The highest BCUT2D eigenvalue weighted by Gasteiger charge is 2.17. The van der Waals surface area contributed by atoms with Crippen LogP contribution < -0.4 is 16.8 Å². The molecule has 9 nitrogen and oxygen atoms in total. The SMILES string of the molecule is CC(=O)C(N)Cc1nc(C)c(C)n1Cc1ccc2c(c1)nc(CNc1ccc(C(=N)N)cc1)n2C.Cl.Cl. The first-order valence-electron chi connectivity index (χ1n) is 11.5. The second-order valence-electron chi connectivity index (χ2n) is 8.96. The van der Waals surface area contributed by atoms with Gasteiger partial charge >= 0.3 is 0 Å². The lowest BCUT2D eigenvalue weighted by atomic mass is 10.1. The Morgan fingerprint density at radius 3 is 2.38 bits per heavy atom. The van der Waals surface area contributed by atoms with Gasteiger partial charge in [0.2, 0.25) is 0 Å². The minimum Gasteiger partial charge on any atom is -0.384 e. The molecule has 11 heteroatoms. The maximum atomic E-state index is 11.7. The third-order valence-corrected chi connectivity index (χ3v) is 6.49. The monoisotopic (exact) mass is 544 g/mol. The van der Waals surface area contributed by atoms with Crippen LogP contribution in [0.3, 0.4) is 0 Å². The molecule has 2 heterocycles. The number of rotatable bonds is 9. The van der Waals surface area contributed by atoms with Crippen molar-refractivity contribution in [2.45, 2.75) is 46.3 Å². The third kappa shape index (κ3) is 6.49. The van der Waals surface area contributed by atoms with E-state index in [1.807, 2.05) is 45.2 Å². The van der Waals surface area contributed by atoms with Gasteiger partial charge in [-0.1, -0.05) is 6.07 Å². The molecule has 0 radical (unpaired) electrons. The van der Waals surface area contributed by atoms with Crippen LogP contribution in [0.15, 0.2) is 42.5 Å². The van der Waals surface area contributed by atoms with E-state index in [-0.39, 0.29) is 36.4 Å². The van der Waals surface area contributed by atoms with Gasteiger partial charge in [-0.15, -0.1) is 24.8 Å². The molecule has 0 amide bonds. The van der Waals surface area contributed by atoms with Gasteiger partial charge < -0.3 is 25.9 Å². The number of amidine groups is 1. The van der Waals surface area contributed by atoms with Crippen molar-refractivity contribution in [1.29, 1.82) is 5.41 Å². The molecule has 0 aliphatic rings. The van der Waals surface area contributed by atoms with E-state index < -0.39 is 6.04 Å². The zero-order chi connectivity index (χ0) is 25.3. The van der Waals surface area contributed by atoms with E-state index in [1.54, 1.807) is 0 Å². The number of nitrogens with two attached hydrogens (primary N) is 2. The van der Waals surface area contributed by atoms with E-state index in [1.165, 1.54) is 6.92 Å². The molecule has 0 saturated carbocycles. The second-order valence-corrected chi connectivity index (χ2v) is 8.96. The lowest BCUT2D eigenvalue weighted by Gasteiger charge is -2.13. The number of carbonyl (C=O) groups excluding carboxylic acids is 1. The van der Waals surface area contributed by atoms with Gasteiger partial charge in [0.05, 0.1) is 29.3 Å². The Bertz CT molecular complexity index is 1410. The Hall–Kier alpha value is -3.40. The molecule has 2 aromatic heterocycles. The van der Waals surface area contributed by atoms with Crippen molar-refractivity contribution < 1.29 is 4.79 Å². The van der Waals surface area contributed by atoms with E-state index in [0.29, 0.717) is 25.1 Å². The van der Waals surface area contributed by atoms with Crippen molar-refractivity contribution in [2.24, 2.45) is 18.5 Å². The molecule has 37 heavy (non-hydrogen) atoms. The van der Waals surface area contributed by atoms with Crippen LogP contribution in [0, 0.1) is 19.3 Å². The molecule has 4 aromatic rings. The fourth-order valence-electron chi connectivity index (χ4n) is 4.11. The number of hydrogen-bond donors (Lipinski definition) is 4. The zero-order valence-electron chi connectivity index (χ0n) is 21.4. The van der Waals surface area contributed by atoms with Crippen LogP contribution in [0.4, 0.5) is 5.69 Å². The topological polar surface area (TPSA) is 141 Å². The Balaban J connectivity index is 0.00000241. The number of aryl methyl sites for hydroxylation is 2. The number of nitrogen functional groups attached to an aromatic ring is 1. The van der Waals surface area contributed by atoms with E-state index in [2.05, 4.69) is 37.6 Å². The first-order chi connectivity index (χ1) is 16.6. The lowest BCUT2D eigenvalue weighted by Crippen LogP contribution is -2.32. The molecule has 0 bridgehead atoms. The lowest BCUT2D eigenvalue weighted by molar-refractivity contribution is -0.118. The van der Waals surface area contributed by atoms with Gasteiger partial charge in [0.15, 0.2) is 0 Å². The van der Waals surface area contributed by atoms with Gasteiger partial charge in [0.25, 0.3) is 0 Å². The molecule has 6 N–H and O–H groups in total. The molecule has 0 aliphatic heterocycles. The first kappa shape index (κ1) is 29.8. The number of nitrogens with zero attached hydrogens (tertiary/aromatic N) is 4. The van der Waals surface area contributed by atoms with Crippen LogP contribution in [0.2, 0.25) is 0 Å². The number of imidazole rings is 2. The predicted octanol–water partition coefficient (Wildman–Crippen LogP) is 3.63. The van der Waals surface area contributed by atoms with Crippen molar-refractivity contribution in [1.82, 2.24) is 19.1 Å². The Morgan fingerprint density at radius 1 is 1.08 bits per heavy atom. The quantitative estimate of drug-likeness (QED) is 0.187. The number of aromatic nitrogens is 4. The summed E-state index contributed by atoms with van der Waals surface area (Å²) in [6.45, 7) is 6.73. The van der Waals surface area contributed by atoms with Crippen LogP contribution >= 0.6 is 24.8 Å². The number of anilines is 1.